The van der Waals surface area contributed by atoms with Crippen molar-refractivity contribution in [2.75, 3.05) is 11.5 Å². The largest absolute Gasteiger partial charge is 0.326 e. The Morgan fingerprint density at radius 1 is 1.40 bits per heavy atom. The van der Waals surface area contributed by atoms with Gasteiger partial charge in [-0.3, -0.25) is 0 Å². The maximum absolute atomic E-state index is 12.3. The van der Waals surface area contributed by atoms with Gasteiger partial charge in [0.2, 0.25) is 10.0 Å². The average Bonchev–Trinajstić information content (AvgIpc) is 2.74. The van der Waals surface area contributed by atoms with Gasteiger partial charge in [0.15, 0.2) is 0 Å². The standard InChI is InChI=1S/C11H18N2O4S3/c1-8-11(6-10(7-12)18-8)20(16,17)13-9-2-4-19(14,15)5-3-9/h6,9,13H,2-5,7,12H2,1H3. The summed E-state index contributed by atoms with van der Waals surface area (Å²) in [5.41, 5.74) is 5.52. The van der Waals surface area contributed by atoms with Gasteiger partial charge in [-0.1, -0.05) is 0 Å². The lowest BCUT2D eigenvalue weighted by Crippen LogP contribution is -2.40. The number of aryl methyl sites for hydroxylation is 1. The zero-order valence-electron chi connectivity index (χ0n) is 11.1. The summed E-state index contributed by atoms with van der Waals surface area (Å²) in [7, 11) is -6.60. The Morgan fingerprint density at radius 3 is 2.50 bits per heavy atom. The minimum absolute atomic E-state index is 0.0385. The Morgan fingerprint density at radius 2 is 2.00 bits per heavy atom. The smallest absolute Gasteiger partial charge is 0.241 e. The molecule has 1 aromatic rings. The SMILES string of the molecule is Cc1sc(CN)cc1S(=O)(=O)NC1CCS(=O)(=O)CC1. The van der Waals surface area contributed by atoms with Gasteiger partial charge in [-0.05, 0) is 25.8 Å². The van der Waals surface area contributed by atoms with E-state index in [0.29, 0.717) is 24.3 Å². The van der Waals surface area contributed by atoms with Crippen molar-refractivity contribution in [1.29, 1.82) is 0 Å². The third kappa shape index (κ3) is 3.59. The number of sulfonamides is 1. The summed E-state index contributed by atoms with van der Waals surface area (Å²) in [6, 6.07) is 1.27. The predicted molar refractivity (Wildman–Crippen MR) is 78.9 cm³/mol. The van der Waals surface area contributed by atoms with Crippen molar-refractivity contribution < 1.29 is 16.8 Å². The molecule has 0 unspecified atom stereocenters. The lowest BCUT2D eigenvalue weighted by Gasteiger charge is -2.22. The molecule has 1 aromatic heterocycles. The first kappa shape index (κ1) is 15.9. The van der Waals surface area contributed by atoms with E-state index < -0.39 is 19.9 Å². The molecule has 0 bridgehead atoms. The van der Waals surface area contributed by atoms with Crippen molar-refractivity contribution in [3.8, 4) is 0 Å². The molecule has 1 saturated heterocycles. The highest BCUT2D eigenvalue weighted by Gasteiger charge is 2.28. The monoisotopic (exact) mass is 338 g/mol. The molecule has 2 heterocycles. The second-order valence-corrected chi connectivity index (χ2v) is 10.2. The maximum atomic E-state index is 12.3. The van der Waals surface area contributed by atoms with E-state index >= 15 is 0 Å². The van der Waals surface area contributed by atoms with Crippen LogP contribution in [0.25, 0.3) is 0 Å². The van der Waals surface area contributed by atoms with E-state index in [1.807, 2.05) is 0 Å². The minimum Gasteiger partial charge on any atom is -0.326 e. The molecule has 0 atom stereocenters. The topological polar surface area (TPSA) is 106 Å². The fraction of sp³-hybridized carbons (Fsp3) is 0.636. The first-order valence-corrected chi connectivity index (χ1v) is 10.4. The number of thiophene rings is 1. The number of hydrogen-bond donors (Lipinski definition) is 2. The van der Waals surface area contributed by atoms with E-state index in [9.17, 15) is 16.8 Å². The van der Waals surface area contributed by atoms with Crippen LogP contribution in [0.1, 0.15) is 22.6 Å². The van der Waals surface area contributed by atoms with Gasteiger partial charge in [0, 0.05) is 22.3 Å². The fourth-order valence-electron chi connectivity index (χ4n) is 2.18. The van der Waals surface area contributed by atoms with Gasteiger partial charge >= 0.3 is 0 Å². The Hall–Kier alpha value is -0.480. The summed E-state index contributed by atoms with van der Waals surface area (Å²) in [6.45, 7) is 2.05. The first-order chi connectivity index (χ1) is 9.23. The molecular formula is C11H18N2O4S3. The van der Waals surface area contributed by atoms with Crippen LogP contribution in [0.2, 0.25) is 0 Å². The molecule has 0 spiro atoms. The number of hydrogen-bond acceptors (Lipinski definition) is 6. The summed E-state index contributed by atoms with van der Waals surface area (Å²) in [5, 5.41) is 0. The van der Waals surface area contributed by atoms with Gasteiger partial charge in [0.1, 0.15) is 9.84 Å². The summed E-state index contributed by atoms with van der Waals surface area (Å²) < 4.78 is 49.9. The zero-order chi connectivity index (χ0) is 15.0. The van der Waals surface area contributed by atoms with E-state index in [1.165, 1.54) is 11.3 Å². The lowest BCUT2D eigenvalue weighted by molar-refractivity contribution is 0.505. The van der Waals surface area contributed by atoms with Crippen molar-refractivity contribution in [1.82, 2.24) is 4.72 Å². The number of rotatable bonds is 4. The number of nitrogens with one attached hydrogen (secondary N) is 1. The van der Waals surface area contributed by atoms with Crippen LogP contribution in [-0.4, -0.2) is 34.4 Å². The van der Waals surface area contributed by atoms with E-state index in [4.69, 9.17) is 5.73 Å². The molecule has 3 N–H and O–H groups in total. The molecule has 9 heteroatoms. The minimum atomic E-state index is -3.61. The predicted octanol–water partition coefficient (Wildman–Crippen LogP) is 0.371. The molecule has 1 fully saturated rings. The summed E-state index contributed by atoms with van der Waals surface area (Å²) in [5.74, 6) is 0.0771. The highest BCUT2D eigenvalue weighted by molar-refractivity contribution is 7.91. The molecule has 0 saturated carbocycles. The van der Waals surface area contributed by atoms with Crippen molar-refractivity contribution >= 4 is 31.2 Å². The van der Waals surface area contributed by atoms with Crippen LogP contribution in [0.5, 0.6) is 0 Å². The molecule has 0 aliphatic carbocycles. The van der Waals surface area contributed by atoms with E-state index in [-0.39, 0.29) is 22.4 Å². The quantitative estimate of drug-likeness (QED) is 0.825. The Bertz CT molecular complexity index is 677. The molecule has 0 amide bonds. The van der Waals surface area contributed by atoms with Crippen LogP contribution < -0.4 is 10.5 Å². The van der Waals surface area contributed by atoms with Crippen molar-refractivity contribution in [3.05, 3.63) is 15.8 Å². The van der Waals surface area contributed by atoms with E-state index in [0.717, 1.165) is 4.88 Å². The van der Waals surface area contributed by atoms with E-state index in [2.05, 4.69) is 4.72 Å². The average molecular weight is 338 g/mol. The van der Waals surface area contributed by atoms with Crippen LogP contribution in [0.3, 0.4) is 0 Å². The highest BCUT2D eigenvalue weighted by Crippen LogP contribution is 2.26. The van der Waals surface area contributed by atoms with Crippen LogP contribution in [-0.2, 0) is 26.4 Å². The Kier molecular flexibility index (Phi) is 4.55. The zero-order valence-corrected chi connectivity index (χ0v) is 13.6. The fourth-order valence-corrected chi connectivity index (χ4v) is 6.49. The molecular weight excluding hydrogens is 320 g/mol. The lowest BCUT2D eigenvalue weighted by atomic mass is 10.2. The van der Waals surface area contributed by atoms with Crippen molar-refractivity contribution in [3.63, 3.8) is 0 Å². The third-order valence-corrected chi connectivity index (χ3v) is 7.85. The van der Waals surface area contributed by atoms with E-state index in [1.54, 1.807) is 13.0 Å². The summed E-state index contributed by atoms with van der Waals surface area (Å²) >= 11 is 1.36. The van der Waals surface area contributed by atoms with Gasteiger partial charge in [0.05, 0.1) is 16.4 Å². The van der Waals surface area contributed by atoms with Crippen LogP contribution in [0, 0.1) is 6.92 Å². The van der Waals surface area contributed by atoms with Gasteiger partial charge in [-0.15, -0.1) is 11.3 Å². The second-order valence-electron chi connectivity index (χ2n) is 4.88. The Labute approximate surface area is 123 Å². The number of sulfone groups is 1. The van der Waals surface area contributed by atoms with Gasteiger partial charge in [-0.2, -0.15) is 0 Å². The second kappa shape index (κ2) is 5.72. The highest BCUT2D eigenvalue weighted by atomic mass is 32.2. The molecule has 114 valence electrons. The molecule has 0 radical (unpaired) electrons. The molecule has 20 heavy (non-hydrogen) atoms. The van der Waals surface area contributed by atoms with Crippen molar-refractivity contribution in [2.24, 2.45) is 5.73 Å². The number of nitrogens with two attached hydrogens (primary N) is 1. The molecule has 0 aromatic carbocycles. The third-order valence-electron chi connectivity index (χ3n) is 3.29. The molecule has 1 aliphatic rings. The molecule has 2 rings (SSSR count). The molecule has 1 aliphatic heterocycles. The molecule has 6 nitrogen and oxygen atoms in total. The first-order valence-electron chi connectivity index (χ1n) is 6.25. The normalized spacial score (nSPS) is 20.1. The summed E-state index contributed by atoms with van der Waals surface area (Å²) in [4.78, 5) is 1.76. The summed E-state index contributed by atoms with van der Waals surface area (Å²) in [6.07, 6.45) is 0.656. The van der Waals surface area contributed by atoms with Gasteiger partial charge in [0.25, 0.3) is 0 Å². The van der Waals surface area contributed by atoms with Crippen LogP contribution in [0.4, 0.5) is 0 Å². The Balaban J connectivity index is 2.13. The van der Waals surface area contributed by atoms with Gasteiger partial charge < -0.3 is 5.73 Å². The maximum Gasteiger partial charge on any atom is 0.241 e. The van der Waals surface area contributed by atoms with Crippen LogP contribution >= 0.6 is 11.3 Å². The van der Waals surface area contributed by atoms with Crippen LogP contribution in [0.15, 0.2) is 11.0 Å². The van der Waals surface area contributed by atoms with Gasteiger partial charge in [-0.25, -0.2) is 21.6 Å². The van der Waals surface area contributed by atoms with Crippen molar-refractivity contribution in [2.45, 2.75) is 37.2 Å².